The number of rotatable bonds is 2. The van der Waals surface area contributed by atoms with Crippen LogP contribution in [0.25, 0.3) is 0 Å². The molecule has 0 amide bonds. The molecule has 1 aromatic carbocycles. The van der Waals surface area contributed by atoms with Gasteiger partial charge >= 0.3 is 0 Å². The largest absolute Gasteiger partial charge is 0.242 e. The fourth-order valence-electron chi connectivity index (χ4n) is 2.46. The number of benzene rings is 1. The molecule has 0 aliphatic carbocycles. The van der Waals surface area contributed by atoms with Crippen molar-refractivity contribution in [1.29, 1.82) is 0 Å². The molecule has 0 saturated carbocycles. The van der Waals surface area contributed by atoms with Crippen molar-refractivity contribution in [3.05, 3.63) is 47.3 Å². The second kappa shape index (κ2) is 4.19. The van der Waals surface area contributed by atoms with Gasteiger partial charge in [0.15, 0.2) is 5.82 Å². The molecule has 3 nitrogen and oxygen atoms in total. The molecule has 0 radical (unpaired) electrons. The lowest BCUT2D eigenvalue weighted by atomic mass is 10.0. The lowest BCUT2D eigenvalue weighted by Crippen LogP contribution is -2.10. The Labute approximate surface area is 106 Å². The van der Waals surface area contributed by atoms with Crippen molar-refractivity contribution < 1.29 is 4.39 Å². The minimum absolute atomic E-state index is 0.00111. The van der Waals surface area contributed by atoms with Gasteiger partial charge in [0.2, 0.25) is 0 Å². The third-order valence-electron chi connectivity index (χ3n) is 3.44. The van der Waals surface area contributed by atoms with E-state index in [1.807, 2.05) is 16.8 Å². The quantitative estimate of drug-likeness (QED) is 0.814. The molecule has 18 heavy (non-hydrogen) atoms. The van der Waals surface area contributed by atoms with Crippen LogP contribution in [-0.4, -0.2) is 14.8 Å². The summed E-state index contributed by atoms with van der Waals surface area (Å²) in [6.45, 7) is 4.15. The van der Waals surface area contributed by atoms with Gasteiger partial charge in [-0.1, -0.05) is 32.0 Å². The molecule has 1 aromatic heterocycles. The van der Waals surface area contributed by atoms with Crippen LogP contribution in [0.5, 0.6) is 0 Å². The van der Waals surface area contributed by atoms with E-state index in [4.69, 9.17) is 0 Å². The van der Waals surface area contributed by atoms with Gasteiger partial charge in [0.1, 0.15) is 11.6 Å². The van der Waals surface area contributed by atoms with Crippen molar-refractivity contribution in [3.63, 3.8) is 0 Å². The molecule has 94 valence electrons. The Kier molecular flexibility index (Phi) is 2.65. The Balaban J connectivity index is 2.02. The molecule has 0 saturated heterocycles. The minimum atomic E-state index is -0.156. The van der Waals surface area contributed by atoms with Crippen LogP contribution in [0, 0.1) is 5.82 Å². The van der Waals surface area contributed by atoms with Crippen molar-refractivity contribution in [2.24, 2.45) is 0 Å². The van der Waals surface area contributed by atoms with Crippen LogP contribution in [0.3, 0.4) is 0 Å². The lowest BCUT2D eigenvalue weighted by Gasteiger charge is -2.12. The van der Waals surface area contributed by atoms with Gasteiger partial charge in [0.25, 0.3) is 0 Å². The van der Waals surface area contributed by atoms with E-state index in [-0.39, 0.29) is 11.9 Å². The summed E-state index contributed by atoms with van der Waals surface area (Å²) in [6.07, 6.45) is 1.76. The smallest absolute Gasteiger partial charge is 0.153 e. The second-order valence-electron chi connectivity index (χ2n) is 5.06. The number of aromatic nitrogens is 3. The third-order valence-corrected chi connectivity index (χ3v) is 3.44. The van der Waals surface area contributed by atoms with E-state index in [2.05, 4.69) is 23.9 Å². The first kappa shape index (κ1) is 11.4. The predicted molar refractivity (Wildman–Crippen MR) is 67.0 cm³/mol. The zero-order valence-electron chi connectivity index (χ0n) is 10.6. The van der Waals surface area contributed by atoms with Gasteiger partial charge in [-0.15, -0.1) is 0 Å². The molecule has 1 unspecified atom stereocenters. The van der Waals surface area contributed by atoms with Crippen LogP contribution in [0.2, 0.25) is 0 Å². The molecule has 2 aromatic rings. The summed E-state index contributed by atoms with van der Waals surface area (Å²) in [5.41, 5.74) is 0.719. The Hall–Kier alpha value is -1.71. The van der Waals surface area contributed by atoms with Crippen LogP contribution in [0.15, 0.2) is 24.3 Å². The number of hydrogen-bond donors (Lipinski definition) is 0. The molecule has 4 heteroatoms. The summed E-state index contributed by atoms with van der Waals surface area (Å²) >= 11 is 0. The van der Waals surface area contributed by atoms with Crippen LogP contribution < -0.4 is 0 Å². The average Bonchev–Trinajstić information content (AvgIpc) is 2.89. The maximum absolute atomic E-state index is 13.8. The number of hydrogen-bond acceptors (Lipinski definition) is 2. The molecule has 0 fully saturated rings. The predicted octanol–water partition coefficient (Wildman–Crippen LogP) is 3.08. The Morgan fingerprint density at radius 2 is 2.11 bits per heavy atom. The van der Waals surface area contributed by atoms with Gasteiger partial charge in [-0.2, -0.15) is 5.10 Å². The van der Waals surface area contributed by atoms with Crippen molar-refractivity contribution in [3.8, 4) is 0 Å². The third kappa shape index (κ3) is 1.72. The first-order chi connectivity index (χ1) is 8.66. The Morgan fingerprint density at radius 1 is 1.33 bits per heavy atom. The van der Waals surface area contributed by atoms with Crippen LogP contribution in [0.4, 0.5) is 4.39 Å². The Morgan fingerprint density at radius 3 is 2.83 bits per heavy atom. The average molecular weight is 245 g/mol. The summed E-state index contributed by atoms with van der Waals surface area (Å²) in [5, 5.41) is 4.53. The summed E-state index contributed by atoms with van der Waals surface area (Å²) in [6, 6.07) is 6.94. The van der Waals surface area contributed by atoms with Gasteiger partial charge in [0.05, 0.1) is 6.04 Å². The zero-order valence-corrected chi connectivity index (χ0v) is 10.6. The normalized spacial score (nSPS) is 18.3. The molecule has 0 bridgehead atoms. The molecular formula is C14H16FN3. The molecule has 1 atom stereocenters. The van der Waals surface area contributed by atoms with Crippen molar-refractivity contribution in [2.45, 2.75) is 38.6 Å². The molecule has 0 N–H and O–H groups in total. The van der Waals surface area contributed by atoms with Gasteiger partial charge in [-0.05, 0) is 12.5 Å². The van der Waals surface area contributed by atoms with Gasteiger partial charge < -0.3 is 0 Å². The topological polar surface area (TPSA) is 30.7 Å². The summed E-state index contributed by atoms with van der Waals surface area (Å²) < 4.78 is 15.7. The highest BCUT2D eigenvalue weighted by atomic mass is 19.1. The van der Waals surface area contributed by atoms with E-state index in [9.17, 15) is 4.39 Å². The van der Waals surface area contributed by atoms with Gasteiger partial charge in [0, 0.05) is 17.9 Å². The Bertz CT molecular complexity index is 574. The zero-order chi connectivity index (χ0) is 12.7. The molecular weight excluding hydrogens is 229 g/mol. The number of aryl methyl sites for hydroxylation is 1. The monoisotopic (exact) mass is 245 g/mol. The minimum Gasteiger partial charge on any atom is -0.242 e. The van der Waals surface area contributed by atoms with E-state index in [1.54, 1.807) is 6.07 Å². The highest BCUT2D eigenvalue weighted by Crippen LogP contribution is 2.32. The van der Waals surface area contributed by atoms with Crippen molar-refractivity contribution in [2.75, 3.05) is 0 Å². The van der Waals surface area contributed by atoms with E-state index in [1.165, 1.54) is 6.07 Å². The van der Waals surface area contributed by atoms with Crippen LogP contribution >= 0.6 is 0 Å². The van der Waals surface area contributed by atoms with E-state index in [0.29, 0.717) is 5.92 Å². The maximum atomic E-state index is 13.8. The standard InChI is InChI=1S/C14H16FN3/c1-9(2)14-16-13-8-7-12(18(13)17-14)10-5-3-4-6-11(10)15/h3-6,9,12H,7-8H2,1-2H3. The summed E-state index contributed by atoms with van der Waals surface area (Å²) in [4.78, 5) is 4.53. The van der Waals surface area contributed by atoms with Crippen LogP contribution in [0.1, 0.15) is 49.4 Å². The molecule has 3 rings (SSSR count). The number of nitrogens with zero attached hydrogens (tertiary/aromatic N) is 3. The first-order valence-electron chi connectivity index (χ1n) is 6.36. The molecule has 2 heterocycles. The highest BCUT2D eigenvalue weighted by Gasteiger charge is 2.29. The molecule has 1 aliphatic heterocycles. The summed E-state index contributed by atoms with van der Waals surface area (Å²) in [7, 11) is 0. The van der Waals surface area contributed by atoms with E-state index >= 15 is 0 Å². The first-order valence-corrected chi connectivity index (χ1v) is 6.36. The van der Waals surface area contributed by atoms with Gasteiger partial charge in [-0.3, -0.25) is 0 Å². The fraction of sp³-hybridized carbons (Fsp3) is 0.429. The maximum Gasteiger partial charge on any atom is 0.153 e. The lowest BCUT2D eigenvalue weighted by molar-refractivity contribution is 0.506. The number of halogens is 1. The van der Waals surface area contributed by atoms with Crippen molar-refractivity contribution in [1.82, 2.24) is 14.8 Å². The summed E-state index contributed by atoms with van der Waals surface area (Å²) in [5.74, 6) is 1.99. The van der Waals surface area contributed by atoms with Crippen LogP contribution in [-0.2, 0) is 6.42 Å². The molecule has 0 spiro atoms. The van der Waals surface area contributed by atoms with Crippen molar-refractivity contribution >= 4 is 0 Å². The molecule has 1 aliphatic rings. The second-order valence-corrected chi connectivity index (χ2v) is 5.06. The number of fused-ring (bicyclic) bond motifs is 1. The van der Waals surface area contributed by atoms with Gasteiger partial charge in [-0.25, -0.2) is 14.1 Å². The van der Waals surface area contributed by atoms with E-state index < -0.39 is 0 Å². The highest BCUT2D eigenvalue weighted by molar-refractivity contribution is 5.24. The van der Waals surface area contributed by atoms with E-state index in [0.717, 1.165) is 30.1 Å². The fourth-order valence-corrected chi connectivity index (χ4v) is 2.46. The SMILES string of the molecule is CC(C)c1nc2n(n1)C(c1ccccc1F)CC2.